The van der Waals surface area contributed by atoms with Crippen LogP contribution in [0.25, 0.3) is 0 Å². The van der Waals surface area contributed by atoms with Gasteiger partial charge in [0.05, 0.1) is 17.3 Å². The second-order valence-electron chi connectivity index (χ2n) is 4.97. The van der Waals surface area contributed by atoms with Crippen LogP contribution in [0.3, 0.4) is 0 Å². The lowest BCUT2D eigenvalue weighted by molar-refractivity contribution is 0.117. The van der Waals surface area contributed by atoms with Crippen LogP contribution < -0.4 is 10.1 Å². The maximum atomic E-state index is 13.7. The van der Waals surface area contributed by atoms with Crippen molar-refractivity contribution in [3.63, 3.8) is 0 Å². The van der Waals surface area contributed by atoms with Crippen LogP contribution in [0.1, 0.15) is 11.1 Å². The fourth-order valence-electron chi connectivity index (χ4n) is 1.91. The van der Waals surface area contributed by atoms with Gasteiger partial charge in [-0.25, -0.2) is 4.39 Å². The van der Waals surface area contributed by atoms with Crippen molar-refractivity contribution >= 4 is 5.69 Å². The number of rotatable bonds is 6. The first-order valence-electron chi connectivity index (χ1n) is 6.89. The van der Waals surface area contributed by atoms with Crippen LogP contribution in [0, 0.1) is 24.1 Å². The first-order valence-corrected chi connectivity index (χ1v) is 6.89. The molecule has 0 amide bonds. The third kappa shape index (κ3) is 4.47. The van der Waals surface area contributed by atoms with Crippen molar-refractivity contribution in [3.05, 3.63) is 59.4 Å². The summed E-state index contributed by atoms with van der Waals surface area (Å²) in [6.07, 6.45) is -0.782. The molecule has 1 unspecified atom stereocenters. The molecule has 0 aliphatic rings. The Hall–Kier alpha value is -2.58. The van der Waals surface area contributed by atoms with Gasteiger partial charge in [-0.2, -0.15) is 5.26 Å². The first kappa shape index (κ1) is 15.8. The summed E-state index contributed by atoms with van der Waals surface area (Å²) in [5.74, 6) is 0.162. The van der Waals surface area contributed by atoms with Crippen molar-refractivity contribution < 1.29 is 14.2 Å². The van der Waals surface area contributed by atoms with Gasteiger partial charge in [0, 0.05) is 6.54 Å². The molecule has 0 heterocycles. The molecule has 0 aromatic heterocycles. The maximum Gasteiger partial charge on any atom is 0.147 e. The molecule has 1 atom stereocenters. The van der Waals surface area contributed by atoms with Gasteiger partial charge >= 0.3 is 0 Å². The van der Waals surface area contributed by atoms with E-state index >= 15 is 0 Å². The normalized spacial score (nSPS) is 11.5. The van der Waals surface area contributed by atoms with E-state index in [1.165, 1.54) is 12.1 Å². The van der Waals surface area contributed by atoms with Gasteiger partial charge in [-0.1, -0.05) is 12.1 Å². The largest absolute Gasteiger partial charge is 0.491 e. The van der Waals surface area contributed by atoms with Gasteiger partial charge in [-0.3, -0.25) is 0 Å². The van der Waals surface area contributed by atoms with Crippen molar-refractivity contribution in [1.82, 2.24) is 0 Å². The summed E-state index contributed by atoms with van der Waals surface area (Å²) in [5.41, 5.74) is 1.57. The molecule has 2 aromatic rings. The fourth-order valence-corrected chi connectivity index (χ4v) is 1.91. The SMILES string of the molecule is Cc1cccc(OCC(O)CNc2ccc(C#N)cc2F)c1. The lowest BCUT2D eigenvalue weighted by Gasteiger charge is -2.14. The number of benzene rings is 2. The van der Waals surface area contributed by atoms with Gasteiger partial charge in [-0.05, 0) is 42.8 Å². The highest BCUT2D eigenvalue weighted by molar-refractivity contribution is 5.48. The Morgan fingerprint density at radius 1 is 1.32 bits per heavy atom. The van der Waals surface area contributed by atoms with Gasteiger partial charge < -0.3 is 15.2 Å². The highest BCUT2D eigenvalue weighted by Gasteiger charge is 2.08. The number of nitrogens with zero attached hydrogens (tertiary/aromatic N) is 1. The molecule has 0 aliphatic carbocycles. The molecule has 2 rings (SSSR count). The van der Waals surface area contributed by atoms with E-state index in [2.05, 4.69) is 5.32 Å². The highest BCUT2D eigenvalue weighted by atomic mass is 19.1. The summed E-state index contributed by atoms with van der Waals surface area (Å²) in [7, 11) is 0. The average molecular weight is 300 g/mol. The summed E-state index contributed by atoms with van der Waals surface area (Å²) in [4.78, 5) is 0. The molecular formula is C17H17FN2O2. The van der Waals surface area contributed by atoms with Crippen LogP contribution in [0.15, 0.2) is 42.5 Å². The Morgan fingerprint density at radius 2 is 2.14 bits per heavy atom. The molecule has 2 N–H and O–H groups in total. The minimum Gasteiger partial charge on any atom is -0.491 e. The third-order valence-corrected chi connectivity index (χ3v) is 3.06. The Bertz CT molecular complexity index is 683. The zero-order chi connectivity index (χ0) is 15.9. The van der Waals surface area contributed by atoms with Crippen LogP contribution in [-0.4, -0.2) is 24.4 Å². The minimum atomic E-state index is -0.782. The van der Waals surface area contributed by atoms with Gasteiger partial charge in [0.2, 0.25) is 0 Å². The second-order valence-corrected chi connectivity index (χ2v) is 4.97. The van der Waals surface area contributed by atoms with Crippen LogP contribution in [-0.2, 0) is 0 Å². The smallest absolute Gasteiger partial charge is 0.147 e. The number of aliphatic hydroxyl groups is 1. The van der Waals surface area contributed by atoms with E-state index in [9.17, 15) is 9.50 Å². The number of hydrogen-bond acceptors (Lipinski definition) is 4. The predicted molar refractivity (Wildman–Crippen MR) is 82.3 cm³/mol. The van der Waals surface area contributed by atoms with Gasteiger partial charge in [0.25, 0.3) is 0 Å². The van der Waals surface area contributed by atoms with E-state index in [0.717, 1.165) is 11.6 Å². The van der Waals surface area contributed by atoms with Crippen molar-refractivity contribution in [2.75, 3.05) is 18.5 Å². The third-order valence-electron chi connectivity index (χ3n) is 3.06. The maximum absolute atomic E-state index is 13.7. The number of aliphatic hydroxyl groups excluding tert-OH is 1. The number of aryl methyl sites for hydroxylation is 1. The lowest BCUT2D eigenvalue weighted by Crippen LogP contribution is -2.26. The van der Waals surface area contributed by atoms with Gasteiger partial charge in [0.15, 0.2) is 0 Å². The van der Waals surface area contributed by atoms with Crippen molar-refractivity contribution in [1.29, 1.82) is 5.26 Å². The Morgan fingerprint density at radius 3 is 2.82 bits per heavy atom. The molecule has 0 bridgehead atoms. The molecule has 22 heavy (non-hydrogen) atoms. The Balaban J connectivity index is 1.83. The molecule has 0 radical (unpaired) electrons. The van der Waals surface area contributed by atoms with E-state index < -0.39 is 11.9 Å². The predicted octanol–water partition coefficient (Wildman–Crippen LogP) is 2.86. The molecule has 0 fully saturated rings. The van der Waals surface area contributed by atoms with Gasteiger partial charge in [-0.15, -0.1) is 0 Å². The van der Waals surface area contributed by atoms with Crippen LogP contribution in [0.5, 0.6) is 5.75 Å². The first-order chi connectivity index (χ1) is 10.6. The highest BCUT2D eigenvalue weighted by Crippen LogP contribution is 2.16. The monoisotopic (exact) mass is 300 g/mol. The van der Waals surface area contributed by atoms with Crippen molar-refractivity contribution in [2.45, 2.75) is 13.0 Å². The molecule has 2 aromatic carbocycles. The topological polar surface area (TPSA) is 65.3 Å². The summed E-state index contributed by atoms with van der Waals surface area (Å²) in [5, 5.41) is 21.3. The molecule has 0 saturated carbocycles. The number of ether oxygens (including phenoxy) is 1. The summed E-state index contributed by atoms with van der Waals surface area (Å²) < 4.78 is 19.1. The Kier molecular flexibility index (Phi) is 5.34. The lowest BCUT2D eigenvalue weighted by atomic mass is 10.2. The second kappa shape index (κ2) is 7.43. The van der Waals surface area contributed by atoms with E-state index in [0.29, 0.717) is 5.75 Å². The molecule has 4 nitrogen and oxygen atoms in total. The zero-order valence-corrected chi connectivity index (χ0v) is 12.2. The molecule has 0 aliphatic heterocycles. The zero-order valence-electron chi connectivity index (χ0n) is 12.2. The summed E-state index contributed by atoms with van der Waals surface area (Å²) >= 11 is 0. The van der Waals surface area contributed by atoms with Gasteiger partial charge in [0.1, 0.15) is 24.3 Å². The number of nitriles is 1. The van der Waals surface area contributed by atoms with E-state index in [4.69, 9.17) is 10.00 Å². The standard InChI is InChI=1S/C17H17FN2O2/c1-12-3-2-4-15(7-12)22-11-14(21)10-20-17-6-5-13(9-19)8-16(17)18/h2-8,14,20-21H,10-11H2,1H3. The molecule has 0 spiro atoms. The number of hydrogen-bond donors (Lipinski definition) is 2. The molecular weight excluding hydrogens is 283 g/mol. The average Bonchev–Trinajstić information content (AvgIpc) is 2.51. The van der Waals surface area contributed by atoms with E-state index in [1.54, 1.807) is 0 Å². The summed E-state index contributed by atoms with van der Waals surface area (Å²) in [6, 6.07) is 13.5. The van der Waals surface area contributed by atoms with Crippen LogP contribution in [0.4, 0.5) is 10.1 Å². The molecule has 114 valence electrons. The van der Waals surface area contributed by atoms with E-state index in [-0.39, 0.29) is 24.4 Å². The van der Waals surface area contributed by atoms with Crippen molar-refractivity contribution in [3.8, 4) is 11.8 Å². The Labute approximate surface area is 128 Å². The minimum absolute atomic E-state index is 0.106. The number of halogens is 1. The van der Waals surface area contributed by atoms with E-state index in [1.807, 2.05) is 37.3 Å². The molecule has 5 heteroatoms. The van der Waals surface area contributed by atoms with Crippen LogP contribution in [0.2, 0.25) is 0 Å². The van der Waals surface area contributed by atoms with Crippen LogP contribution >= 0.6 is 0 Å². The molecule has 0 saturated heterocycles. The van der Waals surface area contributed by atoms with Crippen molar-refractivity contribution in [2.24, 2.45) is 0 Å². The quantitative estimate of drug-likeness (QED) is 0.861. The summed E-state index contributed by atoms with van der Waals surface area (Å²) in [6.45, 7) is 2.21. The fraction of sp³-hybridized carbons (Fsp3) is 0.235. The number of anilines is 1. The number of nitrogens with one attached hydrogen (secondary N) is 1.